The predicted octanol–water partition coefficient (Wildman–Crippen LogP) is 3.59. The van der Waals surface area contributed by atoms with Crippen LogP contribution >= 0.6 is 0 Å². The molecule has 0 atom stereocenters. The normalized spacial score (nSPS) is 19.9. The number of halogens is 2. The standard InChI is InChI=1S/C14H18F2O/c15-12-7-5-6-11(13(12)16)10-14(17)8-3-1-2-4-9-14/h5-7,17H,1-4,8-10H2. The van der Waals surface area contributed by atoms with Crippen LogP contribution in [0.5, 0.6) is 0 Å². The van der Waals surface area contributed by atoms with E-state index in [-0.39, 0.29) is 12.0 Å². The van der Waals surface area contributed by atoms with E-state index in [0.717, 1.165) is 31.7 Å². The van der Waals surface area contributed by atoms with Gasteiger partial charge in [0.1, 0.15) is 0 Å². The zero-order valence-corrected chi connectivity index (χ0v) is 9.88. The van der Waals surface area contributed by atoms with Crippen LogP contribution in [0.15, 0.2) is 18.2 Å². The van der Waals surface area contributed by atoms with Gasteiger partial charge in [-0.1, -0.05) is 37.8 Å². The van der Waals surface area contributed by atoms with Crippen molar-refractivity contribution in [3.05, 3.63) is 35.4 Å². The molecule has 0 unspecified atom stereocenters. The Kier molecular flexibility index (Phi) is 3.77. The van der Waals surface area contributed by atoms with Gasteiger partial charge in [-0.15, -0.1) is 0 Å². The Morgan fingerprint density at radius 1 is 1.06 bits per heavy atom. The minimum Gasteiger partial charge on any atom is -0.390 e. The van der Waals surface area contributed by atoms with E-state index in [4.69, 9.17) is 0 Å². The minimum absolute atomic E-state index is 0.219. The molecular weight excluding hydrogens is 222 g/mol. The molecule has 1 aromatic carbocycles. The molecule has 1 fully saturated rings. The summed E-state index contributed by atoms with van der Waals surface area (Å²) in [4.78, 5) is 0. The molecule has 2 rings (SSSR count). The van der Waals surface area contributed by atoms with Crippen molar-refractivity contribution in [1.29, 1.82) is 0 Å². The first kappa shape index (κ1) is 12.5. The van der Waals surface area contributed by atoms with Crippen LogP contribution in [0.3, 0.4) is 0 Å². The first-order chi connectivity index (χ1) is 8.11. The zero-order chi connectivity index (χ0) is 12.3. The number of hydrogen-bond donors (Lipinski definition) is 1. The molecule has 0 spiro atoms. The van der Waals surface area contributed by atoms with Gasteiger partial charge in [0.05, 0.1) is 5.60 Å². The predicted molar refractivity (Wildman–Crippen MR) is 62.7 cm³/mol. The van der Waals surface area contributed by atoms with E-state index in [1.54, 1.807) is 6.07 Å². The highest BCUT2D eigenvalue weighted by molar-refractivity contribution is 5.21. The molecule has 0 aromatic heterocycles. The van der Waals surface area contributed by atoms with E-state index in [1.165, 1.54) is 6.07 Å². The van der Waals surface area contributed by atoms with E-state index in [0.29, 0.717) is 12.8 Å². The quantitative estimate of drug-likeness (QED) is 0.783. The second-order valence-electron chi connectivity index (χ2n) is 5.03. The fourth-order valence-electron chi connectivity index (χ4n) is 2.60. The van der Waals surface area contributed by atoms with Crippen molar-refractivity contribution in [1.82, 2.24) is 0 Å². The van der Waals surface area contributed by atoms with E-state index in [2.05, 4.69) is 0 Å². The fraction of sp³-hybridized carbons (Fsp3) is 0.571. The number of benzene rings is 1. The molecule has 0 radical (unpaired) electrons. The molecule has 0 saturated heterocycles. The summed E-state index contributed by atoms with van der Waals surface area (Å²) in [7, 11) is 0. The highest BCUT2D eigenvalue weighted by Gasteiger charge is 2.29. The highest BCUT2D eigenvalue weighted by Crippen LogP contribution is 2.31. The lowest BCUT2D eigenvalue weighted by atomic mass is 9.87. The maximum Gasteiger partial charge on any atom is 0.162 e. The topological polar surface area (TPSA) is 20.2 Å². The Balaban J connectivity index is 2.15. The van der Waals surface area contributed by atoms with Gasteiger partial charge in [-0.05, 0) is 24.5 Å². The third kappa shape index (κ3) is 3.03. The molecule has 0 bridgehead atoms. The maximum atomic E-state index is 13.5. The summed E-state index contributed by atoms with van der Waals surface area (Å²) >= 11 is 0. The van der Waals surface area contributed by atoms with Crippen molar-refractivity contribution in [3.63, 3.8) is 0 Å². The lowest BCUT2D eigenvalue weighted by Gasteiger charge is -2.26. The molecule has 0 amide bonds. The van der Waals surface area contributed by atoms with E-state index < -0.39 is 17.2 Å². The summed E-state index contributed by atoms with van der Waals surface area (Å²) in [6.07, 6.45) is 5.76. The summed E-state index contributed by atoms with van der Waals surface area (Å²) in [5.41, 5.74) is -0.570. The van der Waals surface area contributed by atoms with Crippen molar-refractivity contribution in [2.24, 2.45) is 0 Å². The third-order valence-electron chi connectivity index (χ3n) is 3.59. The molecule has 3 heteroatoms. The second-order valence-corrected chi connectivity index (χ2v) is 5.03. The van der Waals surface area contributed by atoms with Gasteiger partial charge in [0.25, 0.3) is 0 Å². The number of hydrogen-bond acceptors (Lipinski definition) is 1. The van der Waals surface area contributed by atoms with Gasteiger partial charge in [0.2, 0.25) is 0 Å². The van der Waals surface area contributed by atoms with Gasteiger partial charge >= 0.3 is 0 Å². The second kappa shape index (κ2) is 5.13. The zero-order valence-electron chi connectivity index (χ0n) is 9.88. The Hall–Kier alpha value is -0.960. The van der Waals surface area contributed by atoms with Crippen molar-refractivity contribution in [3.8, 4) is 0 Å². The van der Waals surface area contributed by atoms with Crippen LogP contribution in [0.25, 0.3) is 0 Å². The summed E-state index contributed by atoms with van der Waals surface area (Å²) in [6.45, 7) is 0. The Morgan fingerprint density at radius 3 is 2.35 bits per heavy atom. The number of aliphatic hydroxyl groups is 1. The van der Waals surface area contributed by atoms with E-state index in [9.17, 15) is 13.9 Å². The van der Waals surface area contributed by atoms with E-state index in [1.807, 2.05) is 0 Å². The van der Waals surface area contributed by atoms with Crippen LogP contribution < -0.4 is 0 Å². The smallest absolute Gasteiger partial charge is 0.162 e. The summed E-state index contributed by atoms with van der Waals surface area (Å²) < 4.78 is 26.6. The summed E-state index contributed by atoms with van der Waals surface area (Å²) in [6, 6.07) is 4.16. The molecule has 1 nitrogen and oxygen atoms in total. The summed E-state index contributed by atoms with van der Waals surface area (Å²) in [5.74, 6) is -1.65. The molecule has 17 heavy (non-hydrogen) atoms. The van der Waals surface area contributed by atoms with Crippen molar-refractivity contribution in [2.75, 3.05) is 0 Å². The molecular formula is C14H18F2O. The third-order valence-corrected chi connectivity index (χ3v) is 3.59. The Labute approximate surface area is 100 Å². The van der Waals surface area contributed by atoms with Crippen molar-refractivity contribution >= 4 is 0 Å². The largest absolute Gasteiger partial charge is 0.390 e. The van der Waals surface area contributed by atoms with Gasteiger partial charge in [-0.3, -0.25) is 0 Å². The average molecular weight is 240 g/mol. The Morgan fingerprint density at radius 2 is 1.71 bits per heavy atom. The first-order valence-electron chi connectivity index (χ1n) is 6.26. The molecule has 1 aliphatic rings. The Bertz CT molecular complexity index is 382. The van der Waals surface area contributed by atoms with Crippen molar-refractivity contribution < 1.29 is 13.9 Å². The summed E-state index contributed by atoms with van der Waals surface area (Å²) in [5, 5.41) is 10.4. The van der Waals surface area contributed by atoms with Crippen LogP contribution in [-0.2, 0) is 6.42 Å². The van der Waals surface area contributed by atoms with Gasteiger partial charge < -0.3 is 5.11 Å². The van der Waals surface area contributed by atoms with Crippen LogP contribution in [0, 0.1) is 11.6 Å². The molecule has 1 N–H and O–H groups in total. The average Bonchev–Trinajstić information content (AvgIpc) is 2.50. The van der Waals surface area contributed by atoms with Crippen LogP contribution in [0.1, 0.15) is 44.1 Å². The highest BCUT2D eigenvalue weighted by atomic mass is 19.2. The maximum absolute atomic E-state index is 13.5. The first-order valence-corrected chi connectivity index (χ1v) is 6.26. The lowest BCUT2D eigenvalue weighted by Crippen LogP contribution is -2.31. The van der Waals surface area contributed by atoms with Gasteiger partial charge in [-0.2, -0.15) is 0 Å². The molecule has 0 aliphatic heterocycles. The van der Waals surface area contributed by atoms with Crippen LogP contribution in [-0.4, -0.2) is 10.7 Å². The monoisotopic (exact) mass is 240 g/mol. The van der Waals surface area contributed by atoms with Crippen LogP contribution in [0.2, 0.25) is 0 Å². The molecule has 94 valence electrons. The SMILES string of the molecule is OC1(Cc2cccc(F)c2F)CCCCCC1. The minimum atomic E-state index is -0.856. The van der Waals surface area contributed by atoms with E-state index >= 15 is 0 Å². The molecule has 1 aromatic rings. The lowest BCUT2D eigenvalue weighted by molar-refractivity contribution is 0.0243. The van der Waals surface area contributed by atoms with Gasteiger partial charge in [0.15, 0.2) is 11.6 Å². The van der Waals surface area contributed by atoms with Gasteiger partial charge in [-0.25, -0.2) is 8.78 Å². The van der Waals surface area contributed by atoms with Crippen molar-refractivity contribution in [2.45, 2.75) is 50.5 Å². The molecule has 0 heterocycles. The number of rotatable bonds is 2. The fourth-order valence-corrected chi connectivity index (χ4v) is 2.60. The molecule has 1 saturated carbocycles. The molecule has 1 aliphatic carbocycles. The van der Waals surface area contributed by atoms with Crippen LogP contribution in [0.4, 0.5) is 8.78 Å². The van der Waals surface area contributed by atoms with Gasteiger partial charge in [0, 0.05) is 6.42 Å².